The highest BCUT2D eigenvalue weighted by Gasteiger charge is 2.02. The summed E-state index contributed by atoms with van der Waals surface area (Å²) in [5, 5.41) is 0.669. The minimum atomic E-state index is 0.669. The van der Waals surface area contributed by atoms with E-state index >= 15 is 0 Å². The Hall–Kier alpha value is -1.80. The van der Waals surface area contributed by atoms with Crippen LogP contribution in [0.25, 0.3) is 0 Å². The Morgan fingerprint density at radius 2 is 1.89 bits per heavy atom. The van der Waals surface area contributed by atoms with Gasteiger partial charge in [0.1, 0.15) is 5.75 Å². The van der Waals surface area contributed by atoms with Crippen molar-refractivity contribution in [2.45, 2.75) is 13.8 Å². The summed E-state index contributed by atoms with van der Waals surface area (Å²) >= 11 is 5.99. The molecule has 0 spiro atoms. The molecule has 0 N–H and O–H groups in total. The number of nitrogens with zero attached hydrogens (tertiary/aromatic N) is 1. The van der Waals surface area contributed by atoms with Crippen LogP contribution in [0.1, 0.15) is 16.7 Å². The molecule has 0 saturated heterocycles. The van der Waals surface area contributed by atoms with E-state index in [1.165, 1.54) is 5.56 Å². The summed E-state index contributed by atoms with van der Waals surface area (Å²) in [6.45, 7) is 4.12. The molecule has 0 unspecified atom stereocenters. The van der Waals surface area contributed by atoms with Gasteiger partial charge >= 0.3 is 0 Å². The van der Waals surface area contributed by atoms with Crippen molar-refractivity contribution in [2.24, 2.45) is 4.99 Å². The average molecular weight is 274 g/mol. The van der Waals surface area contributed by atoms with Gasteiger partial charge in [-0.3, -0.25) is 4.99 Å². The SMILES string of the molecule is COc1ccc(Cl)cc1C=Nc1ccc(C)cc1C. The highest BCUT2D eigenvalue weighted by Crippen LogP contribution is 2.23. The summed E-state index contributed by atoms with van der Waals surface area (Å²) in [6.07, 6.45) is 1.78. The maximum Gasteiger partial charge on any atom is 0.127 e. The fraction of sp³-hybridized carbons (Fsp3) is 0.188. The van der Waals surface area contributed by atoms with E-state index in [4.69, 9.17) is 16.3 Å². The van der Waals surface area contributed by atoms with Gasteiger partial charge in [-0.15, -0.1) is 0 Å². The van der Waals surface area contributed by atoms with Crippen molar-refractivity contribution in [2.75, 3.05) is 7.11 Å². The lowest BCUT2D eigenvalue weighted by molar-refractivity contribution is 0.414. The summed E-state index contributed by atoms with van der Waals surface area (Å²) in [5.74, 6) is 0.762. The van der Waals surface area contributed by atoms with E-state index < -0.39 is 0 Å². The molecule has 0 aromatic heterocycles. The minimum absolute atomic E-state index is 0.669. The van der Waals surface area contributed by atoms with Gasteiger partial charge in [0.2, 0.25) is 0 Å². The fourth-order valence-electron chi connectivity index (χ4n) is 1.90. The van der Waals surface area contributed by atoms with Gasteiger partial charge in [-0.1, -0.05) is 29.3 Å². The van der Waals surface area contributed by atoms with E-state index in [0.717, 1.165) is 22.6 Å². The molecule has 0 aliphatic rings. The Morgan fingerprint density at radius 1 is 1.11 bits per heavy atom. The van der Waals surface area contributed by atoms with Crippen LogP contribution in [-0.4, -0.2) is 13.3 Å². The van der Waals surface area contributed by atoms with Crippen LogP contribution < -0.4 is 4.74 Å². The first-order chi connectivity index (χ1) is 9.10. The van der Waals surface area contributed by atoms with Crippen molar-refractivity contribution in [1.82, 2.24) is 0 Å². The van der Waals surface area contributed by atoms with E-state index in [-0.39, 0.29) is 0 Å². The Morgan fingerprint density at radius 3 is 2.58 bits per heavy atom. The first kappa shape index (κ1) is 13.6. The van der Waals surface area contributed by atoms with Gasteiger partial charge in [0, 0.05) is 16.8 Å². The first-order valence-electron chi connectivity index (χ1n) is 6.05. The van der Waals surface area contributed by atoms with Crippen LogP contribution in [-0.2, 0) is 0 Å². The third-order valence-corrected chi connectivity index (χ3v) is 3.12. The van der Waals surface area contributed by atoms with E-state index in [1.54, 1.807) is 19.4 Å². The molecule has 0 saturated carbocycles. The third kappa shape index (κ3) is 3.36. The zero-order valence-electron chi connectivity index (χ0n) is 11.3. The highest BCUT2D eigenvalue weighted by atomic mass is 35.5. The minimum Gasteiger partial charge on any atom is -0.496 e. The Balaban J connectivity index is 2.34. The predicted molar refractivity (Wildman–Crippen MR) is 81.2 cm³/mol. The molecular formula is C16H16ClNO. The molecule has 19 heavy (non-hydrogen) atoms. The molecule has 0 heterocycles. The molecule has 3 heteroatoms. The number of hydrogen-bond acceptors (Lipinski definition) is 2. The molecule has 0 bridgehead atoms. The van der Waals surface area contributed by atoms with Crippen LogP contribution in [0.15, 0.2) is 41.4 Å². The number of rotatable bonds is 3. The average Bonchev–Trinajstić information content (AvgIpc) is 2.38. The summed E-state index contributed by atoms with van der Waals surface area (Å²) in [6, 6.07) is 11.7. The Labute approximate surface area is 118 Å². The monoisotopic (exact) mass is 273 g/mol. The lowest BCUT2D eigenvalue weighted by atomic mass is 10.1. The zero-order chi connectivity index (χ0) is 13.8. The molecule has 0 aliphatic heterocycles. The van der Waals surface area contributed by atoms with Gasteiger partial charge in [0.05, 0.1) is 12.8 Å². The van der Waals surface area contributed by atoms with E-state index in [0.29, 0.717) is 5.02 Å². The van der Waals surface area contributed by atoms with E-state index in [1.807, 2.05) is 18.2 Å². The van der Waals surface area contributed by atoms with Crippen molar-refractivity contribution in [1.29, 1.82) is 0 Å². The normalized spacial score (nSPS) is 10.9. The number of methoxy groups -OCH3 is 1. The van der Waals surface area contributed by atoms with Gasteiger partial charge in [-0.25, -0.2) is 0 Å². The summed E-state index contributed by atoms with van der Waals surface area (Å²) in [5.41, 5.74) is 4.21. The summed E-state index contributed by atoms with van der Waals surface area (Å²) < 4.78 is 5.29. The van der Waals surface area contributed by atoms with Crippen molar-refractivity contribution < 1.29 is 4.74 Å². The van der Waals surface area contributed by atoms with E-state index in [2.05, 4.69) is 31.0 Å². The molecule has 0 fully saturated rings. The molecule has 98 valence electrons. The Bertz CT molecular complexity index is 620. The molecule has 2 rings (SSSR count). The topological polar surface area (TPSA) is 21.6 Å². The van der Waals surface area contributed by atoms with Gasteiger partial charge < -0.3 is 4.74 Å². The molecule has 0 atom stereocenters. The first-order valence-corrected chi connectivity index (χ1v) is 6.43. The number of benzene rings is 2. The van der Waals surface area contributed by atoms with Crippen LogP contribution in [0, 0.1) is 13.8 Å². The van der Waals surface area contributed by atoms with E-state index in [9.17, 15) is 0 Å². The van der Waals surface area contributed by atoms with Crippen molar-refractivity contribution >= 4 is 23.5 Å². The number of ether oxygens (including phenoxy) is 1. The maximum absolute atomic E-state index is 5.99. The molecule has 0 amide bonds. The standard InChI is InChI=1S/C16H16ClNO/c1-11-4-6-15(12(2)8-11)18-10-13-9-14(17)5-7-16(13)19-3/h4-10H,1-3H3. The molecule has 0 aliphatic carbocycles. The van der Waals surface area contributed by atoms with Gasteiger partial charge in [-0.2, -0.15) is 0 Å². The smallest absolute Gasteiger partial charge is 0.127 e. The quantitative estimate of drug-likeness (QED) is 0.742. The lowest BCUT2D eigenvalue weighted by Gasteiger charge is -2.05. The summed E-state index contributed by atoms with van der Waals surface area (Å²) in [4.78, 5) is 4.50. The zero-order valence-corrected chi connectivity index (χ0v) is 12.0. The van der Waals surface area contributed by atoms with Crippen molar-refractivity contribution in [3.63, 3.8) is 0 Å². The predicted octanol–water partition coefficient (Wildman–Crippen LogP) is 4.72. The second-order valence-electron chi connectivity index (χ2n) is 4.43. The van der Waals surface area contributed by atoms with Crippen LogP contribution in [0.3, 0.4) is 0 Å². The maximum atomic E-state index is 5.99. The number of aliphatic imine (C=N–C) groups is 1. The lowest BCUT2D eigenvalue weighted by Crippen LogP contribution is -1.90. The molecule has 2 aromatic carbocycles. The van der Waals surface area contributed by atoms with Crippen LogP contribution in [0.2, 0.25) is 5.02 Å². The molecule has 2 aromatic rings. The van der Waals surface area contributed by atoms with Gasteiger partial charge in [0.15, 0.2) is 0 Å². The van der Waals surface area contributed by atoms with Crippen LogP contribution >= 0.6 is 11.6 Å². The number of aryl methyl sites for hydroxylation is 2. The van der Waals surface area contributed by atoms with Gasteiger partial charge in [-0.05, 0) is 43.7 Å². The second kappa shape index (κ2) is 5.89. The molecule has 0 radical (unpaired) electrons. The van der Waals surface area contributed by atoms with Crippen molar-refractivity contribution in [3.8, 4) is 5.75 Å². The second-order valence-corrected chi connectivity index (χ2v) is 4.87. The molecule has 2 nitrogen and oxygen atoms in total. The fourth-order valence-corrected chi connectivity index (χ4v) is 2.08. The van der Waals surface area contributed by atoms with Crippen LogP contribution in [0.4, 0.5) is 5.69 Å². The number of halogens is 1. The molecular weight excluding hydrogens is 258 g/mol. The Kier molecular flexibility index (Phi) is 4.23. The summed E-state index contributed by atoms with van der Waals surface area (Å²) in [7, 11) is 1.64. The van der Waals surface area contributed by atoms with Crippen molar-refractivity contribution in [3.05, 3.63) is 58.1 Å². The largest absolute Gasteiger partial charge is 0.496 e. The highest BCUT2D eigenvalue weighted by molar-refractivity contribution is 6.30. The number of hydrogen-bond donors (Lipinski definition) is 0. The third-order valence-electron chi connectivity index (χ3n) is 2.89. The van der Waals surface area contributed by atoms with Gasteiger partial charge in [0.25, 0.3) is 0 Å². The van der Waals surface area contributed by atoms with Crippen LogP contribution in [0.5, 0.6) is 5.75 Å².